The number of benzene rings is 2. The molecule has 5 rings (SSSR count). The van der Waals surface area contributed by atoms with Crippen LogP contribution in [0.25, 0.3) is 33.3 Å². The quantitative estimate of drug-likeness (QED) is 0.332. The van der Waals surface area contributed by atoms with Gasteiger partial charge in [0, 0.05) is 41.8 Å². The summed E-state index contributed by atoms with van der Waals surface area (Å²) in [5.74, 6) is 0.787. The Balaban J connectivity index is 1.62. The first-order chi connectivity index (χ1) is 16.4. The first-order valence-electron chi connectivity index (χ1n) is 11.6. The molecule has 4 aromatic rings. The second-order valence-electron chi connectivity index (χ2n) is 9.07. The molecule has 1 aliphatic heterocycles. The van der Waals surface area contributed by atoms with E-state index in [0.29, 0.717) is 47.4 Å². The molecule has 0 bridgehead atoms. The van der Waals surface area contributed by atoms with Crippen LogP contribution in [0.3, 0.4) is 0 Å². The molecular formula is C25H29ClN6O2. The number of imidazole rings is 1. The van der Waals surface area contributed by atoms with Crippen molar-refractivity contribution in [3.05, 3.63) is 51.8 Å². The van der Waals surface area contributed by atoms with Gasteiger partial charge in [-0.3, -0.25) is 4.79 Å². The molecular weight excluding hydrogens is 452 g/mol. The molecule has 0 spiro atoms. The maximum atomic E-state index is 13.3. The number of morpholine rings is 1. The van der Waals surface area contributed by atoms with Crippen molar-refractivity contribution in [2.45, 2.75) is 19.9 Å². The van der Waals surface area contributed by atoms with Gasteiger partial charge in [-0.05, 0) is 42.3 Å². The molecule has 1 fully saturated rings. The maximum Gasteiger partial charge on any atom is 0.261 e. The summed E-state index contributed by atoms with van der Waals surface area (Å²) in [6.07, 6.45) is 0. The number of nitrogens with two attached hydrogens (primary N) is 1. The number of nitrogens with zero attached hydrogens (tertiary/aromatic N) is 2. The van der Waals surface area contributed by atoms with E-state index in [1.807, 2.05) is 18.2 Å². The molecule has 34 heavy (non-hydrogen) atoms. The van der Waals surface area contributed by atoms with Crippen LogP contribution >= 0.6 is 11.6 Å². The summed E-state index contributed by atoms with van der Waals surface area (Å²) in [6.45, 7) is 7.78. The van der Waals surface area contributed by atoms with Gasteiger partial charge in [0.05, 0.1) is 35.5 Å². The number of nitrogens with one attached hydrogen (secondary N) is 3. The van der Waals surface area contributed by atoms with E-state index in [9.17, 15) is 4.79 Å². The molecule has 9 heteroatoms. The second-order valence-corrected chi connectivity index (χ2v) is 9.51. The summed E-state index contributed by atoms with van der Waals surface area (Å²) in [4.78, 5) is 26.7. The Kier molecular flexibility index (Phi) is 6.20. The van der Waals surface area contributed by atoms with Gasteiger partial charge >= 0.3 is 0 Å². The van der Waals surface area contributed by atoms with Crippen LogP contribution in [0, 0.1) is 5.92 Å². The summed E-state index contributed by atoms with van der Waals surface area (Å²) < 4.78 is 5.47. The largest absolute Gasteiger partial charge is 0.382 e. The van der Waals surface area contributed by atoms with Gasteiger partial charge in [-0.2, -0.15) is 0 Å². The van der Waals surface area contributed by atoms with Crippen LogP contribution < -0.4 is 21.5 Å². The normalized spacial score (nSPS) is 15.4. The van der Waals surface area contributed by atoms with Crippen LogP contribution in [0.1, 0.15) is 13.8 Å². The van der Waals surface area contributed by atoms with Crippen molar-refractivity contribution in [3.8, 4) is 11.4 Å². The summed E-state index contributed by atoms with van der Waals surface area (Å²) in [6, 6.07) is 11.5. The number of aromatic amines is 2. The SMILES string of the molecule is CC(C)[C@@H](N)CNc1c(-c2nc3cc(N4CCOCC4)ccc3[nH]2)c(=O)[nH]c2ccc(Cl)cc12. The Hall–Kier alpha value is -3.07. The zero-order valence-corrected chi connectivity index (χ0v) is 20.1. The van der Waals surface area contributed by atoms with Crippen molar-refractivity contribution in [1.29, 1.82) is 0 Å². The number of halogens is 1. The van der Waals surface area contributed by atoms with Gasteiger partial charge in [-0.25, -0.2) is 4.98 Å². The van der Waals surface area contributed by atoms with Crippen molar-refractivity contribution in [2.75, 3.05) is 43.1 Å². The van der Waals surface area contributed by atoms with E-state index >= 15 is 0 Å². The lowest BCUT2D eigenvalue weighted by atomic mass is 10.0. The number of hydrogen-bond donors (Lipinski definition) is 4. The second kappa shape index (κ2) is 9.29. The molecule has 1 aliphatic rings. The minimum Gasteiger partial charge on any atom is -0.382 e. The molecule has 0 saturated carbocycles. The topological polar surface area (TPSA) is 112 Å². The fourth-order valence-corrected chi connectivity index (χ4v) is 4.43. The lowest BCUT2D eigenvalue weighted by Crippen LogP contribution is -2.36. The molecule has 178 valence electrons. The Morgan fingerprint density at radius 2 is 1.91 bits per heavy atom. The molecule has 0 amide bonds. The van der Waals surface area contributed by atoms with Crippen molar-refractivity contribution in [3.63, 3.8) is 0 Å². The lowest BCUT2D eigenvalue weighted by Gasteiger charge is -2.28. The average Bonchev–Trinajstić information content (AvgIpc) is 3.25. The van der Waals surface area contributed by atoms with E-state index in [2.05, 4.69) is 46.2 Å². The van der Waals surface area contributed by atoms with Crippen molar-refractivity contribution < 1.29 is 4.74 Å². The number of hydrogen-bond acceptors (Lipinski definition) is 6. The van der Waals surface area contributed by atoms with Gasteiger partial charge in [-0.15, -0.1) is 0 Å². The van der Waals surface area contributed by atoms with Crippen molar-refractivity contribution in [1.82, 2.24) is 15.0 Å². The third-order valence-corrected chi connectivity index (χ3v) is 6.66. The highest BCUT2D eigenvalue weighted by molar-refractivity contribution is 6.31. The van der Waals surface area contributed by atoms with E-state index in [1.165, 1.54) is 0 Å². The fourth-order valence-electron chi connectivity index (χ4n) is 4.26. The van der Waals surface area contributed by atoms with Gasteiger partial charge < -0.3 is 30.7 Å². The van der Waals surface area contributed by atoms with Crippen LogP contribution in [0.2, 0.25) is 5.02 Å². The van der Waals surface area contributed by atoms with Crippen molar-refractivity contribution >= 4 is 44.9 Å². The highest BCUT2D eigenvalue weighted by atomic mass is 35.5. The number of fused-ring (bicyclic) bond motifs is 2. The van der Waals surface area contributed by atoms with Gasteiger partial charge in [0.2, 0.25) is 0 Å². The predicted octanol–water partition coefficient (Wildman–Crippen LogP) is 3.96. The van der Waals surface area contributed by atoms with Gasteiger partial charge in [-0.1, -0.05) is 25.4 Å². The molecule has 2 aromatic carbocycles. The summed E-state index contributed by atoms with van der Waals surface area (Å²) in [7, 11) is 0. The van der Waals surface area contributed by atoms with E-state index < -0.39 is 0 Å². The van der Waals surface area contributed by atoms with Crippen LogP contribution in [-0.4, -0.2) is 53.8 Å². The van der Waals surface area contributed by atoms with Crippen LogP contribution in [0.15, 0.2) is 41.2 Å². The molecule has 0 aliphatic carbocycles. The Labute approximate surface area is 202 Å². The molecule has 2 aromatic heterocycles. The number of pyridine rings is 1. The van der Waals surface area contributed by atoms with E-state index in [1.54, 1.807) is 6.07 Å². The van der Waals surface area contributed by atoms with Crippen molar-refractivity contribution in [2.24, 2.45) is 11.7 Å². The summed E-state index contributed by atoms with van der Waals surface area (Å²) >= 11 is 6.32. The fraction of sp³-hybridized carbons (Fsp3) is 0.360. The van der Waals surface area contributed by atoms with Gasteiger partial charge in [0.1, 0.15) is 11.4 Å². The van der Waals surface area contributed by atoms with E-state index in [0.717, 1.165) is 35.2 Å². The molecule has 1 atom stereocenters. The van der Waals surface area contributed by atoms with E-state index in [4.69, 9.17) is 27.1 Å². The van der Waals surface area contributed by atoms with E-state index in [-0.39, 0.29) is 17.5 Å². The van der Waals surface area contributed by atoms with Crippen LogP contribution in [0.5, 0.6) is 0 Å². The molecule has 0 unspecified atom stereocenters. The lowest BCUT2D eigenvalue weighted by molar-refractivity contribution is 0.122. The zero-order valence-electron chi connectivity index (χ0n) is 19.3. The molecule has 1 saturated heterocycles. The monoisotopic (exact) mass is 480 g/mol. The van der Waals surface area contributed by atoms with Crippen LogP contribution in [-0.2, 0) is 4.74 Å². The third kappa shape index (κ3) is 4.36. The molecule has 0 radical (unpaired) electrons. The Morgan fingerprint density at radius 1 is 1.15 bits per heavy atom. The Morgan fingerprint density at radius 3 is 2.68 bits per heavy atom. The van der Waals surface area contributed by atoms with Crippen LogP contribution in [0.4, 0.5) is 11.4 Å². The summed E-state index contributed by atoms with van der Waals surface area (Å²) in [5.41, 5.74) is 10.6. The predicted molar refractivity (Wildman–Crippen MR) is 139 cm³/mol. The number of rotatable bonds is 6. The van der Waals surface area contributed by atoms with Gasteiger partial charge in [0.15, 0.2) is 0 Å². The molecule has 3 heterocycles. The maximum absolute atomic E-state index is 13.3. The first-order valence-corrected chi connectivity index (χ1v) is 12.0. The number of aromatic nitrogens is 3. The standard InChI is InChI=1S/C25H29ClN6O2/c1-14(2)18(27)13-28-23-17-11-15(26)3-5-19(17)31-25(33)22(23)24-29-20-6-4-16(12-21(20)30-24)32-7-9-34-10-8-32/h3-6,11-12,14,18H,7-10,13,27H2,1-2H3,(H,29,30)(H2,28,31,33)/t18-/m0/s1. The zero-order chi connectivity index (χ0) is 23.8. The van der Waals surface area contributed by atoms with Gasteiger partial charge in [0.25, 0.3) is 5.56 Å². The smallest absolute Gasteiger partial charge is 0.261 e. The average molecular weight is 481 g/mol. The molecule has 5 N–H and O–H groups in total. The molecule has 8 nitrogen and oxygen atoms in total. The number of ether oxygens (including phenoxy) is 1. The third-order valence-electron chi connectivity index (χ3n) is 6.43. The number of anilines is 2. The summed E-state index contributed by atoms with van der Waals surface area (Å²) in [5, 5.41) is 4.82. The highest BCUT2D eigenvalue weighted by Gasteiger charge is 2.20. The highest BCUT2D eigenvalue weighted by Crippen LogP contribution is 2.33. The number of H-pyrrole nitrogens is 2. The Bertz CT molecular complexity index is 1390. The minimum atomic E-state index is -0.233. The first kappa shape index (κ1) is 22.7. The minimum absolute atomic E-state index is 0.0758.